The van der Waals surface area contributed by atoms with Gasteiger partial charge < -0.3 is 19.5 Å². The summed E-state index contributed by atoms with van der Waals surface area (Å²) >= 11 is 1.31. The van der Waals surface area contributed by atoms with Gasteiger partial charge in [0.05, 0.1) is 17.6 Å². The number of non-ortho nitro benzene ring substituents is 1. The number of fused-ring (bicyclic) bond motifs is 3. The van der Waals surface area contributed by atoms with Crippen molar-refractivity contribution in [3.8, 4) is 11.5 Å². The van der Waals surface area contributed by atoms with Crippen molar-refractivity contribution in [3.63, 3.8) is 0 Å². The van der Waals surface area contributed by atoms with E-state index in [9.17, 15) is 10.1 Å². The van der Waals surface area contributed by atoms with Crippen LogP contribution in [-0.4, -0.2) is 43.4 Å². The summed E-state index contributed by atoms with van der Waals surface area (Å²) in [5.74, 6) is 0.923. The van der Waals surface area contributed by atoms with E-state index in [0.29, 0.717) is 53.2 Å². The molecule has 0 saturated carbocycles. The second-order valence-corrected chi connectivity index (χ2v) is 5.29. The Morgan fingerprint density at radius 1 is 1.52 bits per heavy atom. The van der Waals surface area contributed by atoms with Gasteiger partial charge in [-0.1, -0.05) is 11.3 Å². The number of hydrogen-bond donors (Lipinski definition) is 1. The Hall–Kier alpha value is -2.13. The molecule has 0 unspecified atom stereocenters. The standard InChI is InChI=1S/C12H13N3O5S/c1-18-3-2-13-12-14-9-7(15(16)17)6-8-10(11(9)21-12)20-5-4-19-8/h6H,2-5H2,1H3,(H,13,14). The van der Waals surface area contributed by atoms with Crippen molar-refractivity contribution in [2.75, 3.05) is 38.8 Å². The minimum atomic E-state index is -0.459. The monoisotopic (exact) mass is 311 g/mol. The van der Waals surface area contributed by atoms with E-state index in [4.69, 9.17) is 14.2 Å². The van der Waals surface area contributed by atoms with Crippen molar-refractivity contribution >= 4 is 32.4 Å². The van der Waals surface area contributed by atoms with Gasteiger partial charge >= 0.3 is 0 Å². The molecule has 1 aromatic heterocycles. The molecule has 0 fully saturated rings. The van der Waals surface area contributed by atoms with E-state index in [1.54, 1.807) is 7.11 Å². The molecule has 0 bridgehead atoms. The summed E-state index contributed by atoms with van der Waals surface area (Å²) in [6, 6.07) is 1.37. The number of nitrogens with one attached hydrogen (secondary N) is 1. The van der Waals surface area contributed by atoms with E-state index in [0.717, 1.165) is 0 Å². The summed E-state index contributed by atoms with van der Waals surface area (Å²) < 4.78 is 16.6. The Morgan fingerprint density at radius 2 is 2.33 bits per heavy atom. The maximum atomic E-state index is 11.2. The maximum Gasteiger partial charge on any atom is 0.300 e. The predicted molar refractivity (Wildman–Crippen MR) is 77.6 cm³/mol. The van der Waals surface area contributed by atoms with E-state index in [2.05, 4.69) is 10.3 Å². The number of benzene rings is 1. The van der Waals surface area contributed by atoms with Crippen LogP contribution in [0.4, 0.5) is 10.8 Å². The van der Waals surface area contributed by atoms with Gasteiger partial charge in [-0.25, -0.2) is 4.98 Å². The smallest absolute Gasteiger partial charge is 0.300 e. The molecule has 0 atom stereocenters. The molecule has 2 aromatic rings. The lowest BCUT2D eigenvalue weighted by atomic mass is 10.2. The minimum Gasteiger partial charge on any atom is -0.486 e. The SMILES string of the molecule is COCCNc1nc2c([N+](=O)[O-])cc3c(c2s1)OCCO3. The number of nitro benzene ring substituents is 1. The van der Waals surface area contributed by atoms with Gasteiger partial charge in [-0.05, 0) is 0 Å². The fourth-order valence-electron chi connectivity index (χ4n) is 2.03. The van der Waals surface area contributed by atoms with Crippen molar-refractivity contribution < 1.29 is 19.1 Å². The third-order valence-electron chi connectivity index (χ3n) is 2.93. The van der Waals surface area contributed by atoms with E-state index in [1.165, 1.54) is 17.4 Å². The van der Waals surface area contributed by atoms with Gasteiger partial charge in [-0.2, -0.15) is 0 Å². The van der Waals surface area contributed by atoms with Crippen LogP contribution in [0.15, 0.2) is 6.07 Å². The summed E-state index contributed by atoms with van der Waals surface area (Å²) in [5.41, 5.74) is 0.236. The van der Waals surface area contributed by atoms with E-state index in [-0.39, 0.29) is 5.69 Å². The highest BCUT2D eigenvalue weighted by atomic mass is 32.1. The van der Waals surface area contributed by atoms with E-state index >= 15 is 0 Å². The fraction of sp³-hybridized carbons (Fsp3) is 0.417. The molecular formula is C12H13N3O5S. The lowest BCUT2D eigenvalue weighted by Crippen LogP contribution is -2.15. The van der Waals surface area contributed by atoms with Crippen LogP contribution in [0.1, 0.15) is 0 Å². The lowest BCUT2D eigenvalue weighted by Gasteiger charge is -2.18. The number of hydrogen-bond acceptors (Lipinski definition) is 8. The first kappa shape index (κ1) is 13.8. The van der Waals surface area contributed by atoms with Crippen LogP contribution in [0, 0.1) is 10.1 Å². The van der Waals surface area contributed by atoms with Gasteiger partial charge in [-0.3, -0.25) is 10.1 Å². The summed E-state index contributed by atoms with van der Waals surface area (Å²) in [5, 5.41) is 14.9. The Balaban J connectivity index is 2.07. The van der Waals surface area contributed by atoms with Crippen molar-refractivity contribution in [1.82, 2.24) is 4.98 Å². The Labute approximate surface area is 123 Å². The topological polar surface area (TPSA) is 95.8 Å². The first-order chi connectivity index (χ1) is 10.2. The summed E-state index contributed by atoms with van der Waals surface area (Å²) in [4.78, 5) is 15.0. The second kappa shape index (κ2) is 5.70. The van der Waals surface area contributed by atoms with Crippen LogP contribution in [0.25, 0.3) is 10.2 Å². The number of rotatable bonds is 5. The quantitative estimate of drug-likeness (QED) is 0.512. The fourth-order valence-corrected chi connectivity index (χ4v) is 3.04. The van der Waals surface area contributed by atoms with Gasteiger partial charge in [0, 0.05) is 13.7 Å². The van der Waals surface area contributed by atoms with Gasteiger partial charge in [0.15, 0.2) is 22.1 Å². The van der Waals surface area contributed by atoms with Gasteiger partial charge in [0.1, 0.15) is 17.9 Å². The highest BCUT2D eigenvalue weighted by Crippen LogP contribution is 2.46. The Kier molecular flexibility index (Phi) is 3.76. The Bertz CT molecular complexity index is 687. The molecule has 8 nitrogen and oxygen atoms in total. The van der Waals surface area contributed by atoms with Gasteiger partial charge in [-0.15, -0.1) is 0 Å². The zero-order valence-corrected chi connectivity index (χ0v) is 12.1. The van der Waals surface area contributed by atoms with Crippen molar-refractivity contribution in [1.29, 1.82) is 0 Å². The second-order valence-electron chi connectivity index (χ2n) is 4.29. The molecule has 1 aliphatic heterocycles. The number of nitro groups is 1. The average Bonchev–Trinajstić information content (AvgIpc) is 2.90. The van der Waals surface area contributed by atoms with Crippen LogP contribution in [0.5, 0.6) is 11.5 Å². The normalized spacial score (nSPS) is 13.4. The van der Waals surface area contributed by atoms with Crippen LogP contribution in [0.2, 0.25) is 0 Å². The molecule has 1 aromatic carbocycles. The number of ether oxygens (including phenoxy) is 3. The third-order valence-corrected chi connectivity index (χ3v) is 3.95. The number of methoxy groups -OCH3 is 1. The molecule has 0 spiro atoms. The molecule has 112 valence electrons. The zero-order valence-electron chi connectivity index (χ0n) is 11.2. The van der Waals surface area contributed by atoms with Gasteiger partial charge in [0.25, 0.3) is 5.69 Å². The molecular weight excluding hydrogens is 298 g/mol. The first-order valence-corrected chi connectivity index (χ1v) is 7.12. The zero-order chi connectivity index (χ0) is 14.8. The Morgan fingerprint density at radius 3 is 3.10 bits per heavy atom. The molecule has 9 heteroatoms. The highest BCUT2D eigenvalue weighted by Gasteiger charge is 2.26. The summed E-state index contributed by atoms with van der Waals surface area (Å²) in [6.45, 7) is 1.90. The predicted octanol–water partition coefficient (Wildman–Crippen LogP) is 2.03. The van der Waals surface area contributed by atoms with E-state index in [1.807, 2.05) is 0 Å². The first-order valence-electron chi connectivity index (χ1n) is 6.31. The number of nitrogens with zero attached hydrogens (tertiary/aromatic N) is 2. The lowest BCUT2D eigenvalue weighted by molar-refractivity contribution is -0.383. The number of anilines is 1. The molecule has 0 saturated heterocycles. The van der Waals surface area contributed by atoms with Crippen molar-refractivity contribution in [3.05, 3.63) is 16.2 Å². The van der Waals surface area contributed by atoms with Crippen LogP contribution < -0.4 is 14.8 Å². The van der Waals surface area contributed by atoms with Crippen LogP contribution in [-0.2, 0) is 4.74 Å². The van der Waals surface area contributed by atoms with E-state index < -0.39 is 4.92 Å². The van der Waals surface area contributed by atoms with Crippen molar-refractivity contribution in [2.45, 2.75) is 0 Å². The summed E-state index contributed by atoms with van der Waals surface area (Å²) in [6.07, 6.45) is 0. The van der Waals surface area contributed by atoms with Gasteiger partial charge in [0.2, 0.25) is 0 Å². The maximum absolute atomic E-state index is 11.2. The number of thiazole rings is 1. The van der Waals surface area contributed by atoms with Crippen LogP contribution in [0.3, 0.4) is 0 Å². The summed E-state index contributed by atoms with van der Waals surface area (Å²) in [7, 11) is 1.60. The molecule has 3 rings (SSSR count). The molecule has 1 aliphatic rings. The molecule has 2 heterocycles. The largest absolute Gasteiger partial charge is 0.486 e. The number of aromatic nitrogens is 1. The molecule has 0 aliphatic carbocycles. The molecule has 0 amide bonds. The van der Waals surface area contributed by atoms with Crippen molar-refractivity contribution in [2.24, 2.45) is 0 Å². The highest BCUT2D eigenvalue weighted by molar-refractivity contribution is 7.22. The third kappa shape index (κ3) is 2.57. The molecule has 1 N–H and O–H groups in total. The molecule has 0 radical (unpaired) electrons. The van der Waals surface area contributed by atoms with Crippen LogP contribution >= 0.6 is 11.3 Å². The average molecular weight is 311 g/mol. The molecule has 21 heavy (non-hydrogen) atoms. The minimum absolute atomic E-state index is 0.0784.